The lowest BCUT2D eigenvalue weighted by molar-refractivity contribution is -0.127. The third-order valence-electron chi connectivity index (χ3n) is 2.90. The van der Waals surface area contributed by atoms with E-state index in [9.17, 15) is 9.59 Å². The molecule has 4 heteroatoms. The highest BCUT2D eigenvalue weighted by molar-refractivity contribution is 8.00. The van der Waals surface area contributed by atoms with Crippen molar-refractivity contribution in [2.75, 3.05) is 5.75 Å². The van der Waals surface area contributed by atoms with Gasteiger partial charge in [-0.1, -0.05) is 60.7 Å². The lowest BCUT2D eigenvalue weighted by Gasteiger charge is -2.17. The van der Waals surface area contributed by atoms with Gasteiger partial charge in [0, 0.05) is 6.92 Å². The van der Waals surface area contributed by atoms with Gasteiger partial charge in [-0.3, -0.25) is 14.9 Å². The zero-order chi connectivity index (χ0) is 15.1. The van der Waals surface area contributed by atoms with Crippen LogP contribution < -0.4 is 5.32 Å². The maximum atomic E-state index is 11.7. The first-order chi connectivity index (χ1) is 10.2. The number of hydrogen-bond donors (Lipinski definition) is 1. The topological polar surface area (TPSA) is 46.2 Å². The lowest BCUT2D eigenvalue weighted by atomic mass is 10.0. The van der Waals surface area contributed by atoms with Gasteiger partial charge in [-0.05, 0) is 11.1 Å². The summed E-state index contributed by atoms with van der Waals surface area (Å²) in [5.74, 6) is -0.338. The maximum Gasteiger partial charge on any atom is 0.236 e. The van der Waals surface area contributed by atoms with Gasteiger partial charge < -0.3 is 0 Å². The van der Waals surface area contributed by atoms with Crippen molar-refractivity contribution in [2.45, 2.75) is 12.2 Å². The predicted octanol–water partition coefficient (Wildman–Crippen LogP) is 3.17. The lowest BCUT2D eigenvalue weighted by Crippen LogP contribution is -2.29. The largest absolute Gasteiger partial charge is 0.296 e. The molecule has 1 N–H and O–H groups in total. The van der Waals surface area contributed by atoms with Gasteiger partial charge in [0.15, 0.2) is 0 Å². The quantitative estimate of drug-likeness (QED) is 0.922. The monoisotopic (exact) mass is 299 g/mol. The highest BCUT2D eigenvalue weighted by Crippen LogP contribution is 2.35. The van der Waals surface area contributed by atoms with Crippen molar-refractivity contribution in [1.82, 2.24) is 5.32 Å². The van der Waals surface area contributed by atoms with E-state index < -0.39 is 0 Å². The Balaban J connectivity index is 2.14. The van der Waals surface area contributed by atoms with Crippen molar-refractivity contribution < 1.29 is 9.59 Å². The van der Waals surface area contributed by atoms with Crippen molar-refractivity contribution in [3.05, 3.63) is 71.8 Å². The van der Waals surface area contributed by atoms with Gasteiger partial charge in [-0.25, -0.2) is 0 Å². The van der Waals surface area contributed by atoms with Gasteiger partial charge in [0.1, 0.15) is 0 Å². The Kier molecular flexibility index (Phi) is 5.58. The second-order valence-electron chi connectivity index (χ2n) is 4.62. The minimum atomic E-state index is -0.323. The standard InChI is InChI=1S/C17H17NO2S/c1-13(19)18-16(20)12-21-17(14-8-4-2-5-9-14)15-10-6-3-7-11-15/h2-11,17H,12H2,1H3,(H,18,19,20). The van der Waals surface area contributed by atoms with Crippen LogP contribution in [-0.4, -0.2) is 17.6 Å². The fourth-order valence-electron chi connectivity index (χ4n) is 2.03. The van der Waals surface area contributed by atoms with E-state index in [1.807, 2.05) is 60.7 Å². The zero-order valence-corrected chi connectivity index (χ0v) is 12.6. The van der Waals surface area contributed by atoms with Crippen LogP contribution in [0, 0.1) is 0 Å². The first-order valence-corrected chi connectivity index (χ1v) is 7.73. The first-order valence-electron chi connectivity index (χ1n) is 6.68. The fraction of sp³-hybridized carbons (Fsp3) is 0.176. The Hall–Kier alpha value is -2.07. The van der Waals surface area contributed by atoms with Gasteiger partial charge in [0.2, 0.25) is 11.8 Å². The number of nitrogens with one attached hydrogen (secondary N) is 1. The van der Waals surface area contributed by atoms with Crippen LogP contribution in [0.25, 0.3) is 0 Å². The van der Waals surface area contributed by atoms with Crippen molar-refractivity contribution in [2.24, 2.45) is 0 Å². The van der Waals surface area contributed by atoms with E-state index in [-0.39, 0.29) is 22.8 Å². The summed E-state index contributed by atoms with van der Waals surface area (Å²) in [5.41, 5.74) is 2.29. The molecule has 0 atom stereocenters. The highest BCUT2D eigenvalue weighted by atomic mass is 32.2. The third-order valence-corrected chi connectivity index (χ3v) is 4.21. The van der Waals surface area contributed by atoms with E-state index in [1.54, 1.807) is 0 Å². The van der Waals surface area contributed by atoms with Crippen LogP contribution in [0.1, 0.15) is 23.3 Å². The molecule has 0 saturated carbocycles. The van der Waals surface area contributed by atoms with E-state index in [0.717, 1.165) is 11.1 Å². The molecule has 0 unspecified atom stereocenters. The number of rotatable bonds is 5. The molecule has 0 radical (unpaired) electrons. The molecule has 2 aromatic carbocycles. The molecule has 0 aliphatic rings. The molecule has 0 saturated heterocycles. The number of hydrogen-bond acceptors (Lipinski definition) is 3. The van der Waals surface area contributed by atoms with Crippen molar-refractivity contribution in [3.8, 4) is 0 Å². The second kappa shape index (κ2) is 7.64. The van der Waals surface area contributed by atoms with E-state index in [2.05, 4.69) is 5.32 Å². The molecule has 3 nitrogen and oxygen atoms in total. The van der Waals surface area contributed by atoms with Crippen LogP contribution >= 0.6 is 11.8 Å². The van der Waals surface area contributed by atoms with Gasteiger partial charge >= 0.3 is 0 Å². The first kappa shape index (κ1) is 15.3. The van der Waals surface area contributed by atoms with Crippen LogP contribution in [-0.2, 0) is 9.59 Å². The molecule has 0 heterocycles. The molecule has 0 aliphatic carbocycles. The van der Waals surface area contributed by atoms with Crippen molar-refractivity contribution in [3.63, 3.8) is 0 Å². The normalized spacial score (nSPS) is 10.4. The molecule has 108 valence electrons. The summed E-state index contributed by atoms with van der Waals surface area (Å²) >= 11 is 1.51. The molecule has 21 heavy (non-hydrogen) atoms. The van der Waals surface area contributed by atoms with Crippen LogP contribution in [0.5, 0.6) is 0 Å². The van der Waals surface area contributed by atoms with E-state index in [4.69, 9.17) is 0 Å². The van der Waals surface area contributed by atoms with Crippen LogP contribution in [0.3, 0.4) is 0 Å². The summed E-state index contributed by atoms with van der Waals surface area (Å²) in [5, 5.41) is 2.38. The number of carbonyl (C=O) groups is 2. The summed E-state index contributed by atoms with van der Waals surface area (Å²) in [6.45, 7) is 1.34. The van der Waals surface area contributed by atoms with E-state index in [0.29, 0.717) is 0 Å². The summed E-state index contributed by atoms with van der Waals surface area (Å²) in [6.07, 6.45) is 0. The second-order valence-corrected chi connectivity index (χ2v) is 5.71. The Morgan fingerprint density at radius 1 is 0.952 bits per heavy atom. The number of thioether (sulfide) groups is 1. The molecule has 0 bridgehead atoms. The minimum Gasteiger partial charge on any atom is -0.296 e. The molecule has 2 amide bonds. The van der Waals surface area contributed by atoms with Gasteiger partial charge in [0.25, 0.3) is 0 Å². The molecular formula is C17H17NO2S. The predicted molar refractivity (Wildman–Crippen MR) is 86.0 cm³/mol. The van der Waals surface area contributed by atoms with Crippen molar-refractivity contribution >= 4 is 23.6 Å². The number of amides is 2. The smallest absolute Gasteiger partial charge is 0.236 e. The Bertz CT molecular complexity index is 559. The third kappa shape index (κ3) is 4.76. The Labute approximate surface area is 128 Å². The highest BCUT2D eigenvalue weighted by Gasteiger charge is 2.16. The van der Waals surface area contributed by atoms with E-state index in [1.165, 1.54) is 18.7 Å². The number of benzene rings is 2. The van der Waals surface area contributed by atoms with Crippen LogP contribution in [0.4, 0.5) is 0 Å². The van der Waals surface area contributed by atoms with Gasteiger partial charge in [0.05, 0.1) is 11.0 Å². The molecule has 2 aromatic rings. The Morgan fingerprint density at radius 2 is 1.43 bits per heavy atom. The SMILES string of the molecule is CC(=O)NC(=O)CSC(c1ccccc1)c1ccccc1. The fourth-order valence-corrected chi connectivity index (χ4v) is 3.12. The molecule has 0 spiro atoms. The molecular weight excluding hydrogens is 282 g/mol. The molecule has 0 aromatic heterocycles. The summed E-state index contributed by atoms with van der Waals surface area (Å²) < 4.78 is 0. The molecule has 2 rings (SSSR count). The van der Waals surface area contributed by atoms with Crippen LogP contribution in [0.2, 0.25) is 0 Å². The Morgan fingerprint density at radius 3 is 1.86 bits per heavy atom. The van der Waals surface area contributed by atoms with Crippen molar-refractivity contribution in [1.29, 1.82) is 0 Å². The van der Waals surface area contributed by atoms with E-state index >= 15 is 0 Å². The minimum absolute atomic E-state index is 0.0742. The summed E-state index contributed by atoms with van der Waals surface area (Å²) in [6, 6.07) is 20.1. The maximum absolute atomic E-state index is 11.7. The molecule has 0 fully saturated rings. The van der Waals surface area contributed by atoms with Crippen LogP contribution in [0.15, 0.2) is 60.7 Å². The average molecular weight is 299 g/mol. The summed E-state index contributed by atoms with van der Waals surface area (Å²) in [4.78, 5) is 22.6. The van der Waals surface area contributed by atoms with Gasteiger partial charge in [-0.2, -0.15) is 0 Å². The zero-order valence-electron chi connectivity index (χ0n) is 11.8. The molecule has 0 aliphatic heterocycles. The summed E-state index contributed by atoms with van der Waals surface area (Å²) in [7, 11) is 0. The van der Waals surface area contributed by atoms with Gasteiger partial charge in [-0.15, -0.1) is 11.8 Å². The number of carbonyl (C=O) groups excluding carboxylic acids is 2. The number of imide groups is 1. The average Bonchev–Trinajstić information content (AvgIpc) is 2.49.